The van der Waals surface area contributed by atoms with Gasteiger partial charge in [0.1, 0.15) is 0 Å². The number of carbonyl (C=O) groups is 1. The number of carbonyl (C=O) groups excluding carboxylic acids is 1. The van der Waals surface area contributed by atoms with Crippen LogP contribution in [0.5, 0.6) is 5.75 Å². The summed E-state index contributed by atoms with van der Waals surface area (Å²) in [7, 11) is 1.40. The minimum Gasteiger partial charge on any atom is -0.494 e. The molecule has 0 saturated carbocycles. The van der Waals surface area contributed by atoms with Crippen LogP contribution in [0.1, 0.15) is 32.7 Å². The molecule has 0 radical (unpaired) electrons. The number of nitrogens with zero attached hydrogens (tertiary/aromatic N) is 4. The van der Waals surface area contributed by atoms with E-state index < -0.39 is 23.5 Å². The molecule has 2 aliphatic heterocycles. The van der Waals surface area contributed by atoms with Gasteiger partial charge in [-0.3, -0.25) is 19.6 Å². The van der Waals surface area contributed by atoms with E-state index in [-0.39, 0.29) is 54.6 Å². The molecule has 0 bridgehead atoms. The van der Waals surface area contributed by atoms with E-state index in [1.165, 1.54) is 36.6 Å². The first-order valence-corrected chi connectivity index (χ1v) is 15.1. The monoisotopic (exact) mass is 710 g/mol. The van der Waals surface area contributed by atoms with Crippen molar-refractivity contribution >= 4 is 54.9 Å². The van der Waals surface area contributed by atoms with Gasteiger partial charge in [-0.15, -0.1) is 49.0 Å². The number of benzene rings is 2. The van der Waals surface area contributed by atoms with Gasteiger partial charge >= 0.3 is 6.18 Å². The lowest BCUT2D eigenvalue weighted by atomic mass is 9.99. The number of methoxy groups -OCH3 is 1. The fourth-order valence-electron chi connectivity index (χ4n) is 5.74. The quantitative estimate of drug-likeness (QED) is 0.193. The van der Waals surface area contributed by atoms with Crippen LogP contribution in [0.3, 0.4) is 0 Å². The maximum absolute atomic E-state index is 14.1. The van der Waals surface area contributed by atoms with E-state index in [0.29, 0.717) is 31.0 Å². The lowest BCUT2D eigenvalue weighted by molar-refractivity contribution is -0.137. The number of hydrogen-bond acceptors (Lipinski definition) is 6. The molecule has 248 valence electrons. The molecule has 0 N–H and O–H groups in total. The SMILES string of the molecule is COc1cc(C[C@@H]2CN(CCN3CCc4ncccc4C3)CCN2C(=O)c2cc(SC)cc(C(F)(F)F)c2)ccc1F.Cl.Cl.Cl. The van der Waals surface area contributed by atoms with E-state index in [0.717, 1.165) is 56.0 Å². The van der Waals surface area contributed by atoms with Crippen molar-refractivity contribution < 1.29 is 27.1 Å². The van der Waals surface area contributed by atoms with E-state index in [9.17, 15) is 22.4 Å². The van der Waals surface area contributed by atoms with Crippen molar-refractivity contribution in [2.24, 2.45) is 0 Å². The van der Waals surface area contributed by atoms with E-state index >= 15 is 0 Å². The van der Waals surface area contributed by atoms with Gasteiger partial charge in [0.25, 0.3) is 5.91 Å². The van der Waals surface area contributed by atoms with Gasteiger partial charge in [-0.25, -0.2) is 4.39 Å². The Morgan fingerprint density at radius 3 is 2.49 bits per heavy atom. The molecule has 0 aliphatic carbocycles. The number of ether oxygens (including phenoxy) is 1. The second-order valence-corrected chi connectivity index (χ2v) is 11.6. The van der Waals surface area contributed by atoms with E-state index in [1.54, 1.807) is 23.3 Å². The van der Waals surface area contributed by atoms with Crippen LogP contribution in [0.25, 0.3) is 0 Å². The lowest BCUT2D eigenvalue weighted by Crippen LogP contribution is -2.57. The largest absolute Gasteiger partial charge is 0.494 e. The fraction of sp³-hybridized carbons (Fsp3) is 0.419. The molecule has 0 spiro atoms. The Morgan fingerprint density at radius 2 is 1.78 bits per heavy atom. The predicted molar refractivity (Wildman–Crippen MR) is 176 cm³/mol. The molecule has 45 heavy (non-hydrogen) atoms. The van der Waals surface area contributed by atoms with Crippen molar-refractivity contribution in [1.29, 1.82) is 0 Å². The molecule has 2 aromatic carbocycles. The molecular weight excluding hydrogens is 675 g/mol. The Hall–Kier alpha value is -2.28. The summed E-state index contributed by atoms with van der Waals surface area (Å²) < 4.78 is 60.2. The number of aromatic nitrogens is 1. The van der Waals surface area contributed by atoms with Gasteiger partial charge in [-0.1, -0.05) is 12.1 Å². The molecule has 2 aliphatic rings. The minimum absolute atomic E-state index is 0. The van der Waals surface area contributed by atoms with E-state index in [4.69, 9.17) is 4.74 Å². The zero-order valence-electron chi connectivity index (χ0n) is 24.9. The summed E-state index contributed by atoms with van der Waals surface area (Å²) >= 11 is 1.17. The Labute approximate surface area is 284 Å². The van der Waals surface area contributed by atoms with Crippen LogP contribution in [-0.4, -0.2) is 84.3 Å². The van der Waals surface area contributed by atoms with Crippen LogP contribution in [0.15, 0.2) is 59.6 Å². The molecule has 1 atom stereocenters. The second kappa shape index (κ2) is 17.0. The first-order valence-electron chi connectivity index (χ1n) is 13.9. The van der Waals surface area contributed by atoms with Crippen LogP contribution in [-0.2, 0) is 25.6 Å². The van der Waals surface area contributed by atoms with Crippen LogP contribution >= 0.6 is 49.0 Å². The molecule has 3 aromatic rings. The number of piperazine rings is 1. The zero-order valence-corrected chi connectivity index (χ0v) is 28.2. The molecule has 1 aromatic heterocycles. The Balaban J connectivity index is 0.00000235. The Morgan fingerprint density at radius 1 is 1.02 bits per heavy atom. The van der Waals surface area contributed by atoms with E-state index in [1.807, 2.05) is 12.3 Å². The Kier molecular flexibility index (Phi) is 14.7. The van der Waals surface area contributed by atoms with Gasteiger partial charge in [0.2, 0.25) is 0 Å². The van der Waals surface area contributed by atoms with E-state index in [2.05, 4.69) is 20.9 Å². The van der Waals surface area contributed by atoms with Crippen molar-refractivity contribution in [2.45, 2.75) is 36.5 Å². The lowest BCUT2D eigenvalue weighted by Gasteiger charge is -2.42. The van der Waals surface area contributed by atoms with Crippen molar-refractivity contribution in [3.8, 4) is 5.75 Å². The Bertz CT molecular complexity index is 1440. The molecule has 1 amide bonds. The average Bonchev–Trinajstić information content (AvgIpc) is 3.00. The molecule has 5 rings (SSSR count). The number of halogens is 7. The summed E-state index contributed by atoms with van der Waals surface area (Å²) in [5.74, 6) is -0.804. The third-order valence-corrected chi connectivity index (χ3v) is 8.71. The molecule has 1 saturated heterocycles. The van der Waals surface area contributed by atoms with Crippen molar-refractivity contribution in [1.82, 2.24) is 19.7 Å². The fourth-order valence-corrected chi connectivity index (χ4v) is 6.23. The van der Waals surface area contributed by atoms with Crippen molar-refractivity contribution in [3.05, 3.63) is 88.5 Å². The normalized spacial score (nSPS) is 16.9. The summed E-state index contributed by atoms with van der Waals surface area (Å²) in [4.78, 5) is 25.0. The highest BCUT2D eigenvalue weighted by molar-refractivity contribution is 7.98. The number of hydrogen-bond donors (Lipinski definition) is 0. The van der Waals surface area contributed by atoms with Crippen LogP contribution in [0.2, 0.25) is 0 Å². The number of thioether (sulfide) groups is 1. The maximum atomic E-state index is 14.1. The highest BCUT2D eigenvalue weighted by atomic mass is 35.5. The number of pyridine rings is 1. The predicted octanol–water partition coefficient (Wildman–Crippen LogP) is 6.66. The topological polar surface area (TPSA) is 48.9 Å². The summed E-state index contributed by atoms with van der Waals surface area (Å²) in [5, 5.41) is 0. The van der Waals surface area contributed by atoms with Crippen LogP contribution in [0, 0.1) is 5.82 Å². The highest BCUT2D eigenvalue weighted by Gasteiger charge is 2.35. The van der Waals surface area contributed by atoms with Crippen LogP contribution in [0.4, 0.5) is 17.6 Å². The molecule has 14 heteroatoms. The third kappa shape index (κ3) is 9.62. The maximum Gasteiger partial charge on any atom is 0.416 e. The molecule has 6 nitrogen and oxygen atoms in total. The summed E-state index contributed by atoms with van der Waals surface area (Å²) in [6.45, 7) is 4.94. The van der Waals surface area contributed by atoms with Gasteiger partial charge in [-0.05, 0) is 60.2 Å². The van der Waals surface area contributed by atoms with Crippen molar-refractivity contribution in [3.63, 3.8) is 0 Å². The van der Waals surface area contributed by atoms with Gasteiger partial charge in [0.15, 0.2) is 11.6 Å². The van der Waals surface area contributed by atoms with Gasteiger partial charge in [0, 0.05) is 80.6 Å². The molecule has 1 fully saturated rings. The number of fused-ring (bicyclic) bond motifs is 1. The van der Waals surface area contributed by atoms with Crippen LogP contribution < -0.4 is 4.74 Å². The smallest absolute Gasteiger partial charge is 0.416 e. The minimum atomic E-state index is -4.56. The first kappa shape index (κ1) is 38.9. The molecule has 3 heterocycles. The number of alkyl halides is 3. The average molecular weight is 712 g/mol. The van der Waals surface area contributed by atoms with Crippen molar-refractivity contribution in [2.75, 3.05) is 52.6 Å². The molecular formula is C31H37Cl3F4N4O2S. The second-order valence-electron chi connectivity index (χ2n) is 10.7. The van der Waals surface area contributed by atoms with Gasteiger partial charge in [0.05, 0.1) is 12.7 Å². The summed E-state index contributed by atoms with van der Waals surface area (Å²) in [6, 6.07) is 11.9. The number of rotatable bonds is 8. The standard InChI is InChI=1S/C31H34F4N4O2S.3ClH/c1-41-29-15-21(5-6-27(29)32)14-25-20-38(11-10-37-9-7-28-22(19-37)4-3-8-36-28)12-13-39(25)30(40)23-16-24(31(33,34)35)18-26(17-23)42-2;;;/h3-6,8,15-18,25H,7,9-14,19-20H2,1-2H3;3*1H/t25-;;;/m1.../s1. The highest BCUT2D eigenvalue weighted by Crippen LogP contribution is 2.33. The summed E-state index contributed by atoms with van der Waals surface area (Å²) in [5.41, 5.74) is 2.36. The molecule has 0 unspecified atom stereocenters. The van der Waals surface area contributed by atoms with Gasteiger partial charge < -0.3 is 9.64 Å². The summed E-state index contributed by atoms with van der Waals surface area (Å²) in [6.07, 6.45) is 0.269. The third-order valence-electron chi connectivity index (χ3n) is 8.01. The van der Waals surface area contributed by atoms with Gasteiger partial charge in [-0.2, -0.15) is 13.2 Å². The number of amides is 1. The zero-order chi connectivity index (χ0) is 29.9. The first-order chi connectivity index (χ1) is 20.1.